The van der Waals surface area contributed by atoms with Crippen LogP contribution in [-0.4, -0.2) is 24.5 Å². The van der Waals surface area contributed by atoms with Gasteiger partial charge in [-0.15, -0.1) is 0 Å². The Morgan fingerprint density at radius 2 is 1.40 bits per heavy atom. The lowest BCUT2D eigenvalue weighted by Crippen LogP contribution is -1.91. The van der Waals surface area contributed by atoms with Gasteiger partial charge in [-0.3, -0.25) is 0 Å². The summed E-state index contributed by atoms with van der Waals surface area (Å²) in [6.07, 6.45) is 0. The number of aliphatic hydroxyl groups excluding tert-OH is 1. The fourth-order valence-electron chi connectivity index (χ4n) is 0. The van der Waals surface area contributed by atoms with E-state index in [0.29, 0.717) is 0 Å². The van der Waals surface area contributed by atoms with E-state index in [1.54, 1.807) is 5.48 Å². The fourth-order valence-corrected chi connectivity index (χ4v) is 0. The van der Waals surface area contributed by atoms with Crippen LogP contribution in [0.25, 0.3) is 0 Å². The predicted molar refractivity (Wildman–Crippen MR) is 19.0 cm³/mol. The van der Waals surface area contributed by atoms with Gasteiger partial charge in [-0.25, -0.2) is 5.48 Å². The van der Waals surface area contributed by atoms with E-state index in [4.69, 9.17) is 10.3 Å². The lowest BCUT2D eigenvalue weighted by atomic mass is 11.6. The summed E-state index contributed by atoms with van der Waals surface area (Å²) >= 11 is 0. The van der Waals surface area contributed by atoms with Crippen molar-refractivity contribution in [2.45, 2.75) is 0 Å². The fraction of sp³-hybridized carbons (Fsp3) is 1.00. The van der Waals surface area contributed by atoms with E-state index < -0.39 is 0 Å². The summed E-state index contributed by atoms with van der Waals surface area (Å²) in [7, 11) is 2.43. The first-order valence-electron chi connectivity index (χ1n) is 1.17. The van der Waals surface area contributed by atoms with Crippen LogP contribution in [0.5, 0.6) is 0 Å². The maximum atomic E-state index is 7.32. The molecule has 0 heterocycles. The van der Waals surface area contributed by atoms with Crippen LogP contribution in [0, 0.1) is 0 Å². The van der Waals surface area contributed by atoms with Crippen molar-refractivity contribution in [2.75, 3.05) is 14.2 Å². The lowest BCUT2D eigenvalue weighted by molar-refractivity contribution is 0.194. The Hall–Kier alpha value is -0.120. The van der Waals surface area contributed by atoms with Crippen LogP contribution in [-0.2, 0) is 0 Å². The van der Waals surface area contributed by atoms with Crippen molar-refractivity contribution in [2.24, 2.45) is 0 Å². The molecule has 0 unspecified atom stereocenters. The molecule has 0 saturated carbocycles. The van der Waals surface area contributed by atoms with E-state index >= 15 is 0 Å². The molecule has 0 fully saturated rings. The van der Waals surface area contributed by atoms with Gasteiger partial charge in [0.15, 0.2) is 0 Å². The second-order valence-electron chi connectivity index (χ2n) is 0.224. The minimum absolute atomic E-state index is 1.00. The van der Waals surface area contributed by atoms with Crippen molar-refractivity contribution in [3.63, 3.8) is 0 Å². The number of hydroxylamine groups is 1. The smallest absolute Gasteiger partial charge is 0.0319 e. The van der Waals surface area contributed by atoms with Crippen molar-refractivity contribution in [1.82, 2.24) is 5.48 Å². The van der Waals surface area contributed by atoms with Crippen molar-refractivity contribution < 1.29 is 10.3 Å². The van der Waals surface area contributed by atoms with E-state index in [1.807, 2.05) is 0 Å². The summed E-state index contributed by atoms with van der Waals surface area (Å²) in [6.45, 7) is 0. The minimum Gasteiger partial charge on any atom is -0.400 e. The topological polar surface area (TPSA) is 52.5 Å². The van der Waals surface area contributed by atoms with Gasteiger partial charge in [0.2, 0.25) is 0 Å². The molecule has 0 aliphatic heterocycles. The minimum atomic E-state index is 1.00. The van der Waals surface area contributed by atoms with Crippen LogP contribution < -0.4 is 5.48 Å². The van der Waals surface area contributed by atoms with Gasteiger partial charge in [-0.1, -0.05) is 0 Å². The summed E-state index contributed by atoms with van der Waals surface area (Å²) in [5, 5.41) is 14.3. The van der Waals surface area contributed by atoms with Crippen molar-refractivity contribution >= 4 is 0 Å². The molecule has 0 aromatic heterocycles. The lowest BCUT2D eigenvalue weighted by Gasteiger charge is -1.60. The first-order valence-corrected chi connectivity index (χ1v) is 1.17. The quantitative estimate of drug-likeness (QED) is 0.333. The highest BCUT2D eigenvalue weighted by Gasteiger charge is 1.24. The van der Waals surface area contributed by atoms with Gasteiger partial charge in [0.1, 0.15) is 0 Å². The second kappa shape index (κ2) is 41.6. The molecule has 0 aromatic carbocycles. The first kappa shape index (κ1) is 8.86. The third-order valence-corrected chi connectivity index (χ3v) is 0. The van der Waals surface area contributed by atoms with Crippen molar-refractivity contribution in [3.05, 3.63) is 0 Å². The third-order valence-electron chi connectivity index (χ3n) is 0. The van der Waals surface area contributed by atoms with E-state index in [1.165, 1.54) is 7.05 Å². The highest BCUT2D eigenvalue weighted by Crippen LogP contribution is 0.957. The molecule has 0 amide bonds. The third kappa shape index (κ3) is 952. The molecule has 0 rings (SSSR count). The maximum absolute atomic E-state index is 7.32. The molecule has 0 aliphatic carbocycles. The average molecular weight is 79.1 g/mol. The number of hydrogen-bond acceptors (Lipinski definition) is 3. The Kier molecular flexibility index (Phi) is 73.6. The van der Waals surface area contributed by atoms with Crippen LogP contribution >= 0.6 is 0 Å². The zero-order valence-electron chi connectivity index (χ0n) is 3.39. The zero-order chi connectivity index (χ0) is 4.71. The van der Waals surface area contributed by atoms with Gasteiger partial charge in [0, 0.05) is 14.2 Å². The Labute approximate surface area is 31.2 Å². The molecule has 0 atom stereocenters. The predicted octanol–water partition coefficient (Wildman–Crippen LogP) is -0.796. The summed E-state index contributed by atoms with van der Waals surface area (Å²) in [6, 6.07) is 0. The highest BCUT2D eigenvalue weighted by molar-refractivity contribution is 3.65. The monoisotopic (exact) mass is 79.1 g/mol. The molecule has 5 heavy (non-hydrogen) atoms. The molecule has 3 nitrogen and oxygen atoms in total. The zero-order valence-corrected chi connectivity index (χ0v) is 3.39. The Bertz CT molecular complexity index is 7.61. The van der Waals surface area contributed by atoms with E-state index in [-0.39, 0.29) is 0 Å². The molecule has 3 heteroatoms. The van der Waals surface area contributed by atoms with Crippen LogP contribution in [0.4, 0.5) is 0 Å². The second-order valence-corrected chi connectivity index (χ2v) is 0.224. The highest BCUT2D eigenvalue weighted by atomic mass is 16.5. The van der Waals surface area contributed by atoms with Crippen LogP contribution in [0.3, 0.4) is 0 Å². The Morgan fingerprint density at radius 3 is 1.40 bits per heavy atom. The van der Waals surface area contributed by atoms with Gasteiger partial charge < -0.3 is 10.3 Å². The molecule has 0 bridgehead atoms. The standard InChI is InChI=1S/CH5NO.CH4O/c1-2-3;1-2/h2-3H,1H3;2H,1H3. The SMILES string of the molecule is CNO.CO. The van der Waals surface area contributed by atoms with Gasteiger partial charge in [-0.05, 0) is 0 Å². The molecule has 0 saturated heterocycles. The van der Waals surface area contributed by atoms with E-state index in [9.17, 15) is 0 Å². The normalized spacial score (nSPS) is 4.80. The average Bonchev–Trinajstić information content (AvgIpc) is 1.46. The van der Waals surface area contributed by atoms with Gasteiger partial charge in [0.05, 0.1) is 0 Å². The molecule has 0 aromatic rings. The molecular formula is C2H9NO2. The van der Waals surface area contributed by atoms with Gasteiger partial charge >= 0.3 is 0 Å². The Balaban J connectivity index is 0. The number of hydrogen-bond donors (Lipinski definition) is 3. The molecule has 0 radical (unpaired) electrons. The van der Waals surface area contributed by atoms with Crippen LogP contribution in [0.15, 0.2) is 0 Å². The number of nitrogens with one attached hydrogen (secondary N) is 1. The van der Waals surface area contributed by atoms with E-state index in [2.05, 4.69) is 0 Å². The molecule has 0 aliphatic rings. The number of rotatable bonds is 0. The molecule has 3 N–H and O–H groups in total. The molecular weight excluding hydrogens is 70.0 g/mol. The van der Waals surface area contributed by atoms with Crippen LogP contribution in [0.1, 0.15) is 0 Å². The first-order chi connectivity index (χ1) is 2.41. The summed E-state index contributed by atoms with van der Waals surface area (Å²) in [4.78, 5) is 0. The number of aliphatic hydroxyl groups is 1. The Morgan fingerprint density at radius 1 is 1.40 bits per heavy atom. The summed E-state index contributed by atoms with van der Waals surface area (Å²) in [5.74, 6) is 0. The largest absolute Gasteiger partial charge is 0.400 e. The van der Waals surface area contributed by atoms with Crippen molar-refractivity contribution in [3.8, 4) is 0 Å². The van der Waals surface area contributed by atoms with Gasteiger partial charge in [-0.2, -0.15) is 0 Å². The molecule has 0 spiro atoms. The summed E-state index contributed by atoms with van der Waals surface area (Å²) < 4.78 is 0. The van der Waals surface area contributed by atoms with Gasteiger partial charge in [0.25, 0.3) is 0 Å². The summed E-state index contributed by atoms with van der Waals surface area (Å²) in [5.41, 5.74) is 1.75. The maximum Gasteiger partial charge on any atom is 0.0319 e. The van der Waals surface area contributed by atoms with Crippen molar-refractivity contribution in [1.29, 1.82) is 0 Å². The van der Waals surface area contributed by atoms with E-state index in [0.717, 1.165) is 7.11 Å². The van der Waals surface area contributed by atoms with Crippen LogP contribution in [0.2, 0.25) is 0 Å². The molecule has 34 valence electrons.